The van der Waals surface area contributed by atoms with E-state index in [1.54, 1.807) is 6.92 Å². The molecule has 0 atom stereocenters. The number of halogens is 7. The normalized spacial score (nSPS) is 19.0. The minimum Gasteiger partial charge on any atom is -0.350 e. The van der Waals surface area contributed by atoms with Crippen molar-refractivity contribution in [3.8, 4) is 11.3 Å². The second-order valence-corrected chi connectivity index (χ2v) is 12.2. The summed E-state index contributed by atoms with van der Waals surface area (Å²) in [7, 11) is -3.13. The number of carbonyl (C=O) groups is 1. The van der Waals surface area contributed by atoms with Gasteiger partial charge >= 0.3 is 12.4 Å². The fraction of sp³-hybridized carbons (Fsp3) is 0.583. The summed E-state index contributed by atoms with van der Waals surface area (Å²) in [6.07, 6.45) is -7.96. The Bertz CT molecular complexity index is 1270. The van der Waals surface area contributed by atoms with Gasteiger partial charge in [-0.3, -0.25) is 9.48 Å². The van der Waals surface area contributed by atoms with Gasteiger partial charge in [0.05, 0.1) is 21.5 Å². The second-order valence-electron chi connectivity index (χ2n) is 9.50. The quantitative estimate of drug-likeness (QED) is 0.380. The number of sulfone groups is 1. The van der Waals surface area contributed by atoms with Gasteiger partial charge in [-0.2, -0.15) is 31.4 Å². The summed E-state index contributed by atoms with van der Waals surface area (Å²) in [4.78, 5) is 12.9. The van der Waals surface area contributed by atoms with Crippen molar-refractivity contribution in [3.63, 3.8) is 0 Å². The van der Waals surface area contributed by atoms with E-state index in [0.717, 1.165) is 10.7 Å². The topological polar surface area (TPSA) is 81.1 Å². The lowest BCUT2D eigenvalue weighted by Crippen LogP contribution is -2.34. The average Bonchev–Trinajstić information content (AvgIpc) is 3.16. The predicted octanol–water partition coefficient (Wildman–Crippen LogP) is 6.07. The lowest BCUT2D eigenvalue weighted by molar-refractivity contribution is -0.137. The number of nitrogens with zero attached hydrogens (tertiary/aromatic N) is 2. The Labute approximate surface area is 221 Å². The van der Waals surface area contributed by atoms with Gasteiger partial charge in [0.1, 0.15) is 9.84 Å². The first-order valence-electron chi connectivity index (χ1n) is 12.0. The third-order valence-corrected chi connectivity index (χ3v) is 8.74. The van der Waals surface area contributed by atoms with Gasteiger partial charge in [0.25, 0.3) is 5.91 Å². The van der Waals surface area contributed by atoms with Crippen LogP contribution in [0.2, 0.25) is 5.02 Å². The molecule has 1 aromatic heterocycles. The Morgan fingerprint density at radius 3 is 2.29 bits per heavy atom. The van der Waals surface area contributed by atoms with Crippen LogP contribution in [0.1, 0.15) is 60.6 Å². The van der Waals surface area contributed by atoms with E-state index in [1.807, 2.05) is 0 Å². The van der Waals surface area contributed by atoms with E-state index in [0.29, 0.717) is 31.7 Å². The third kappa shape index (κ3) is 7.43. The molecule has 14 heteroatoms. The van der Waals surface area contributed by atoms with Crippen LogP contribution in [-0.2, 0) is 29.0 Å². The Kier molecular flexibility index (Phi) is 9.12. The van der Waals surface area contributed by atoms with Crippen LogP contribution in [0.5, 0.6) is 0 Å². The van der Waals surface area contributed by atoms with E-state index in [1.165, 1.54) is 12.3 Å². The monoisotopic (exact) mass is 587 g/mol. The van der Waals surface area contributed by atoms with Crippen molar-refractivity contribution in [2.45, 2.75) is 69.6 Å². The Hall–Kier alpha value is -2.28. The molecule has 212 valence electrons. The molecule has 0 unspecified atom stereocenters. The molecule has 1 saturated carbocycles. The number of carbonyl (C=O) groups excluding carboxylic acids is 1. The maximum absolute atomic E-state index is 13.9. The van der Waals surface area contributed by atoms with Gasteiger partial charge in [-0.1, -0.05) is 23.7 Å². The van der Waals surface area contributed by atoms with Gasteiger partial charge < -0.3 is 5.32 Å². The molecule has 1 aliphatic rings. The fourth-order valence-corrected chi connectivity index (χ4v) is 6.08. The zero-order chi connectivity index (χ0) is 28.5. The van der Waals surface area contributed by atoms with E-state index in [-0.39, 0.29) is 41.0 Å². The lowest BCUT2D eigenvalue weighted by atomic mass is 9.89. The van der Waals surface area contributed by atoms with Crippen LogP contribution < -0.4 is 5.32 Å². The minimum absolute atomic E-state index is 0.0320. The van der Waals surface area contributed by atoms with E-state index in [4.69, 9.17) is 11.6 Å². The van der Waals surface area contributed by atoms with Crippen molar-refractivity contribution in [3.05, 3.63) is 40.0 Å². The van der Waals surface area contributed by atoms with Crippen LogP contribution in [-0.4, -0.2) is 48.3 Å². The molecule has 0 aliphatic heterocycles. The van der Waals surface area contributed by atoms with Crippen molar-refractivity contribution in [1.29, 1.82) is 0 Å². The second kappa shape index (κ2) is 11.4. The van der Waals surface area contributed by atoms with Crippen molar-refractivity contribution in [2.75, 3.05) is 12.8 Å². The molecule has 38 heavy (non-hydrogen) atoms. The number of hydrogen-bond acceptors (Lipinski definition) is 4. The first-order valence-corrected chi connectivity index (χ1v) is 14.3. The van der Waals surface area contributed by atoms with Crippen molar-refractivity contribution in [1.82, 2.24) is 15.1 Å². The number of rotatable bonds is 8. The summed E-state index contributed by atoms with van der Waals surface area (Å²) < 4.78 is 104. The average molecular weight is 588 g/mol. The molecule has 1 aliphatic carbocycles. The minimum atomic E-state index is -4.90. The SMILES string of the molecule is CCn1nc(C(=O)NC[C@H]2CC[C@H](S(C)(=O)=O)CC2)c(Cl)c1-c1ccc(CCC(F)(F)F)cc1C(F)(F)F. The molecule has 0 radical (unpaired) electrons. The Morgan fingerprint density at radius 1 is 1.13 bits per heavy atom. The number of amides is 1. The van der Waals surface area contributed by atoms with Crippen molar-refractivity contribution >= 4 is 27.3 Å². The highest BCUT2D eigenvalue weighted by atomic mass is 35.5. The predicted molar refractivity (Wildman–Crippen MR) is 131 cm³/mol. The number of alkyl halides is 6. The smallest absolute Gasteiger partial charge is 0.350 e. The molecule has 3 rings (SSSR count). The fourth-order valence-electron chi connectivity index (χ4n) is 4.63. The molecule has 0 bridgehead atoms. The summed E-state index contributed by atoms with van der Waals surface area (Å²) in [6.45, 7) is 1.90. The molecule has 1 amide bonds. The third-order valence-electron chi connectivity index (χ3n) is 6.70. The molecule has 6 nitrogen and oxygen atoms in total. The Morgan fingerprint density at radius 2 is 1.76 bits per heavy atom. The summed E-state index contributed by atoms with van der Waals surface area (Å²) in [5.74, 6) is -0.659. The Balaban J connectivity index is 1.84. The van der Waals surface area contributed by atoms with E-state index in [2.05, 4.69) is 10.4 Å². The molecule has 1 fully saturated rings. The van der Waals surface area contributed by atoms with Gasteiger partial charge in [-0.15, -0.1) is 0 Å². The van der Waals surface area contributed by atoms with Crippen LogP contribution in [0, 0.1) is 5.92 Å². The highest BCUT2D eigenvalue weighted by Gasteiger charge is 2.37. The molecule has 0 spiro atoms. The summed E-state index contributed by atoms with van der Waals surface area (Å²) >= 11 is 6.38. The first-order chi connectivity index (χ1) is 17.5. The maximum Gasteiger partial charge on any atom is 0.417 e. The van der Waals surface area contributed by atoms with Crippen LogP contribution in [0.15, 0.2) is 18.2 Å². The highest BCUT2D eigenvalue weighted by Crippen LogP contribution is 2.41. The van der Waals surface area contributed by atoms with E-state index >= 15 is 0 Å². The molecular formula is C24H28ClF6N3O3S. The molecule has 1 N–H and O–H groups in total. The first kappa shape index (κ1) is 30.3. The molecule has 0 saturated heterocycles. The number of aryl methyl sites for hydroxylation is 2. The lowest BCUT2D eigenvalue weighted by Gasteiger charge is -2.27. The van der Waals surface area contributed by atoms with Gasteiger partial charge in [0.2, 0.25) is 0 Å². The number of hydrogen-bond donors (Lipinski definition) is 1. The van der Waals surface area contributed by atoms with E-state index < -0.39 is 57.3 Å². The van der Waals surface area contributed by atoms with E-state index in [9.17, 15) is 39.6 Å². The van der Waals surface area contributed by atoms with Crippen molar-refractivity contribution in [2.24, 2.45) is 5.92 Å². The zero-order valence-corrected chi connectivity index (χ0v) is 22.3. The molecule has 1 aromatic carbocycles. The van der Waals surface area contributed by atoms with Crippen LogP contribution >= 0.6 is 11.6 Å². The van der Waals surface area contributed by atoms with Gasteiger partial charge in [0.15, 0.2) is 5.69 Å². The number of aromatic nitrogens is 2. The van der Waals surface area contributed by atoms with Crippen LogP contribution in [0.3, 0.4) is 0 Å². The van der Waals surface area contributed by atoms with Crippen molar-refractivity contribution < 1.29 is 39.6 Å². The number of benzene rings is 1. The standard InChI is InChI=1S/C24H28ClF6N3O3S/c1-3-34-21(17-9-6-14(10-11-23(26,27)28)12-18(17)24(29,30)31)19(25)20(33-34)22(35)32-13-15-4-7-16(8-5-15)38(2,36)37/h6,9,12,15-16H,3-5,7-8,10-11,13H2,1-2H3,(H,32,35)/t15-,16-. The number of nitrogens with one attached hydrogen (secondary N) is 1. The zero-order valence-electron chi connectivity index (χ0n) is 20.7. The van der Waals surface area contributed by atoms with Crippen LogP contribution in [0.4, 0.5) is 26.3 Å². The van der Waals surface area contributed by atoms with Gasteiger partial charge in [0, 0.05) is 31.3 Å². The summed E-state index contributed by atoms with van der Waals surface area (Å²) in [5, 5.41) is 6.08. The van der Waals surface area contributed by atoms with Crippen LogP contribution in [0.25, 0.3) is 11.3 Å². The summed E-state index contributed by atoms with van der Waals surface area (Å²) in [6, 6.07) is 2.88. The van der Waals surface area contributed by atoms with Gasteiger partial charge in [-0.05, 0) is 56.6 Å². The molecule has 1 heterocycles. The molecular weight excluding hydrogens is 560 g/mol. The van der Waals surface area contributed by atoms with Gasteiger partial charge in [-0.25, -0.2) is 8.42 Å². The highest BCUT2D eigenvalue weighted by molar-refractivity contribution is 7.91. The largest absolute Gasteiger partial charge is 0.417 e. The summed E-state index contributed by atoms with van der Waals surface area (Å²) in [5.41, 5.74) is -2.15. The molecule has 2 aromatic rings. The maximum atomic E-state index is 13.9.